The largest absolute Gasteiger partial charge is 0.465 e. The molecule has 1 unspecified atom stereocenters. The first kappa shape index (κ1) is 21.3. The summed E-state index contributed by atoms with van der Waals surface area (Å²) in [5, 5.41) is 3.23. The highest BCUT2D eigenvalue weighted by atomic mass is 32.1. The van der Waals surface area contributed by atoms with Gasteiger partial charge in [-0.25, -0.2) is 4.79 Å². The van der Waals surface area contributed by atoms with Gasteiger partial charge in [-0.2, -0.15) is 0 Å². The maximum atomic E-state index is 12.5. The van der Waals surface area contributed by atoms with Crippen LogP contribution in [0.1, 0.15) is 42.2 Å². The molecule has 2 heterocycles. The molecule has 27 heavy (non-hydrogen) atoms. The van der Waals surface area contributed by atoms with E-state index in [-0.39, 0.29) is 17.2 Å². The van der Waals surface area contributed by atoms with E-state index in [0.717, 1.165) is 4.88 Å². The van der Waals surface area contributed by atoms with Crippen LogP contribution >= 0.6 is 11.3 Å². The van der Waals surface area contributed by atoms with Gasteiger partial charge >= 0.3 is 5.97 Å². The Hall–Kier alpha value is -2.04. The van der Waals surface area contributed by atoms with Crippen LogP contribution in [0.25, 0.3) is 0 Å². The van der Waals surface area contributed by atoms with Crippen molar-refractivity contribution in [1.82, 2.24) is 4.90 Å². The van der Waals surface area contributed by atoms with Crippen molar-refractivity contribution in [3.05, 3.63) is 15.8 Å². The number of carbonyl (C=O) groups excluding carboxylic acids is 2. The van der Waals surface area contributed by atoms with Crippen LogP contribution in [-0.4, -0.2) is 56.7 Å². The normalized spacial score (nSPS) is 15.5. The number of amides is 1. The molecule has 0 bridgehead atoms. The van der Waals surface area contributed by atoms with E-state index in [4.69, 9.17) is 9.47 Å². The third-order valence-corrected chi connectivity index (χ3v) is 5.04. The Morgan fingerprint density at radius 2 is 2.04 bits per heavy atom. The van der Waals surface area contributed by atoms with Crippen molar-refractivity contribution in [3.63, 3.8) is 0 Å². The van der Waals surface area contributed by atoms with Gasteiger partial charge in [-0.3, -0.25) is 4.79 Å². The summed E-state index contributed by atoms with van der Waals surface area (Å²) in [4.78, 5) is 27.7. The van der Waals surface area contributed by atoms with Gasteiger partial charge in [0.25, 0.3) is 0 Å². The fourth-order valence-electron chi connectivity index (χ4n) is 2.52. The minimum absolute atomic E-state index is 0.0911. The molecule has 6 nitrogen and oxygen atoms in total. The molecule has 0 saturated carbocycles. The van der Waals surface area contributed by atoms with Gasteiger partial charge in [-0.15, -0.1) is 11.3 Å². The van der Waals surface area contributed by atoms with Gasteiger partial charge in [-0.05, 0) is 26.8 Å². The topological polar surface area (TPSA) is 67.9 Å². The van der Waals surface area contributed by atoms with Crippen molar-refractivity contribution >= 4 is 28.9 Å². The zero-order chi connectivity index (χ0) is 20.0. The highest BCUT2D eigenvalue weighted by Gasteiger charge is 2.23. The molecular formula is C20H28N2O4S. The van der Waals surface area contributed by atoms with E-state index in [1.807, 2.05) is 38.7 Å². The van der Waals surface area contributed by atoms with Gasteiger partial charge in [0, 0.05) is 25.0 Å². The molecule has 0 aliphatic carbocycles. The van der Waals surface area contributed by atoms with Crippen molar-refractivity contribution in [1.29, 1.82) is 0 Å². The van der Waals surface area contributed by atoms with Crippen molar-refractivity contribution in [2.45, 2.75) is 27.7 Å². The average molecular weight is 393 g/mol. The number of rotatable bonds is 5. The first-order chi connectivity index (χ1) is 12.7. The van der Waals surface area contributed by atoms with E-state index in [1.54, 1.807) is 0 Å². The predicted octanol–water partition coefficient (Wildman–Crippen LogP) is 2.84. The van der Waals surface area contributed by atoms with Gasteiger partial charge in [0.15, 0.2) is 0 Å². The summed E-state index contributed by atoms with van der Waals surface area (Å²) >= 11 is 1.30. The molecule has 0 aromatic carbocycles. The Morgan fingerprint density at radius 1 is 1.37 bits per heavy atom. The smallest absolute Gasteiger partial charge is 0.350 e. The van der Waals surface area contributed by atoms with Crippen LogP contribution in [0.5, 0.6) is 0 Å². The summed E-state index contributed by atoms with van der Waals surface area (Å²) < 4.78 is 10.2. The molecule has 1 N–H and O–H groups in total. The van der Waals surface area contributed by atoms with Crippen LogP contribution in [0, 0.1) is 23.2 Å². The number of esters is 1. The number of morpholine rings is 1. The number of ether oxygens (including phenoxy) is 2. The molecule has 1 aromatic rings. The van der Waals surface area contributed by atoms with E-state index >= 15 is 0 Å². The van der Waals surface area contributed by atoms with Crippen molar-refractivity contribution < 1.29 is 19.1 Å². The maximum Gasteiger partial charge on any atom is 0.350 e. The predicted molar refractivity (Wildman–Crippen MR) is 107 cm³/mol. The zero-order valence-corrected chi connectivity index (χ0v) is 17.5. The molecule has 1 saturated heterocycles. The van der Waals surface area contributed by atoms with E-state index in [1.165, 1.54) is 18.4 Å². The number of methoxy groups -OCH3 is 1. The second-order valence-electron chi connectivity index (χ2n) is 7.56. The Bertz CT molecular complexity index is 733. The Balaban J connectivity index is 2.09. The summed E-state index contributed by atoms with van der Waals surface area (Å²) in [5.74, 6) is 5.76. The van der Waals surface area contributed by atoms with Crippen molar-refractivity contribution in [2.24, 2.45) is 11.3 Å². The molecule has 1 amide bonds. The van der Waals surface area contributed by atoms with Gasteiger partial charge in [-0.1, -0.05) is 18.8 Å². The average Bonchev–Trinajstić information content (AvgIpc) is 3.06. The van der Waals surface area contributed by atoms with E-state index < -0.39 is 5.97 Å². The number of thiophene rings is 1. The van der Waals surface area contributed by atoms with Crippen molar-refractivity contribution in [2.75, 3.05) is 45.3 Å². The highest BCUT2D eigenvalue weighted by molar-refractivity contribution is 7.15. The molecule has 1 atom stereocenters. The van der Waals surface area contributed by atoms with Gasteiger partial charge in [0.05, 0.1) is 36.8 Å². The molecule has 1 aromatic heterocycles. The van der Waals surface area contributed by atoms with E-state index in [0.29, 0.717) is 43.4 Å². The summed E-state index contributed by atoms with van der Waals surface area (Å²) in [7, 11) is 1.36. The molecule has 0 spiro atoms. The number of carbonyl (C=O) groups is 2. The molecule has 0 radical (unpaired) electrons. The van der Waals surface area contributed by atoms with Crippen molar-refractivity contribution in [3.8, 4) is 11.8 Å². The summed E-state index contributed by atoms with van der Waals surface area (Å²) in [6.07, 6.45) is 0. The lowest BCUT2D eigenvalue weighted by Gasteiger charge is -2.29. The fraction of sp³-hybridized carbons (Fsp3) is 0.600. The highest BCUT2D eigenvalue weighted by Crippen LogP contribution is 2.28. The summed E-state index contributed by atoms with van der Waals surface area (Å²) in [5.41, 5.74) is 0.536. The quantitative estimate of drug-likeness (QED) is 0.616. The first-order valence-corrected chi connectivity index (χ1v) is 9.88. The second kappa shape index (κ2) is 9.25. The SMILES string of the molecule is COC(=O)c1sc(C#CC(C)(C)C)cc1NCC(C)C(=O)N1CCOCC1. The number of nitrogens with zero attached hydrogens (tertiary/aromatic N) is 1. The first-order valence-electron chi connectivity index (χ1n) is 9.07. The van der Waals surface area contributed by atoms with Crippen LogP contribution < -0.4 is 5.32 Å². The Morgan fingerprint density at radius 3 is 2.63 bits per heavy atom. The molecular weight excluding hydrogens is 364 g/mol. The van der Waals surface area contributed by atoms with Crippen LogP contribution in [0.3, 0.4) is 0 Å². The van der Waals surface area contributed by atoms with Crippen LogP contribution in [-0.2, 0) is 14.3 Å². The molecule has 7 heteroatoms. The Kier molecular flexibility index (Phi) is 7.28. The molecule has 1 aliphatic rings. The minimum Gasteiger partial charge on any atom is -0.465 e. The summed E-state index contributed by atoms with van der Waals surface area (Å²) in [6.45, 7) is 10.8. The zero-order valence-electron chi connectivity index (χ0n) is 16.7. The standard InChI is InChI=1S/C20H28N2O4S/c1-14(18(23)22-8-10-26-11-9-22)13-21-16-12-15(6-7-20(2,3)4)27-17(16)19(24)25-5/h12,14,21H,8-11,13H2,1-5H3. The van der Waals surface area contributed by atoms with Crippen LogP contribution in [0.15, 0.2) is 6.07 Å². The van der Waals surface area contributed by atoms with Crippen LogP contribution in [0.2, 0.25) is 0 Å². The molecule has 2 rings (SSSR count). The summed E-state index contributed by atoms with van der Waals surface area (Å²) in [6, 6.07) is 1.85. The second-order valence-corrected chi connectivity index (χ2v) is 8.62. The monoisotopic (exact) mass is 392 g/mol. The lowest BCUT2D eigenvalue weighted by Crippen LogP contribution is -2.44. The third kappa shape index (κ3) is 6.26. The van der Waals surface area contributed by atoms with E-state index in [2.05, 4.69) is 17.2 Å². The third-order valence-electron chi connectivity index (χ3n) is 4.01. The number of hydrogen-bond donors (Lipinski definition) is 1. The number of anilines is 1. The van der Waals surface area contributed by atoms with E-state index in [9.17, 15) is 9.59 Å². The fourth-order valence-corrected chi connectivity index (χ4v) is 3.43. The Labute approximate surface area is 165 Å². The van der Waals surface area contributed by atoms with Gasteiger partial charge in [0.2, 0.25) is 5.91 Å². The lowest BCUT2D eigenvalue weighted by atomic mass is 9.98. The minimum atomic E-state index is -0.404. The lowest BCUT2D eigenvalue weighted by molar-refractivity contribution is -0.138. The van der Waals surface area contributed by atoms with Crippen LogP contribution in [0.4, 0.5) is 5.69 Å². The van der Waals surface area contributed by atoms with Gasteiger partial charge < -0.3 is 19.7 Å². The molecule has 1 fully saturated rings. The number of nitrogens with one attached hydrogen (secondary N) is 1. The molecule has 1 aliphatic heterocycles. The molecule has 148 valence electrons. The van der Waals surface area contributed by atoms with Gasteiger partial charge in [0.1, 0.15) is 4.88 Å². The maximum absolute atomic E-state index is 12.5. The number of hydrogen-bond acceptors (Lipinski definition) is 6.